The summed E-state index contributed by atoms with van der Waals surface area (Å²) in [7, 11) is 4.14. The molecule has 2 N–H and O–H groups in total. The fourth-order valence-electron chi connectivity index (χ4n) is 3.13. The van der Waals surface area contributed by atoms with Crippen LogP contribution in [0.4, 0.5) is 8.78 Å². The van der Waals surface area contributed by atoms with Gasteiger partial charge in [0.1, 0.15) is 0 Å². The van der Waals surface area contributed by atoms with E-state index in [4.69, 9.17) is 5.73 Å². The average Bonchev–Trinajstić information content (AvgIpc) is 2.77. The monoisotopic (exact) mass is 283 g/mol. The molecule has 0 amide bonds. The lowest BCUT2D eigenvalue weighted by molar-refractivity contribution is 0.219. The van der Waals surface area contributed by atoms with Crippen molar-refractivity contribution in [2.75, 3.05) is 33.7 Å². The lowest BCUT2D eigenvalue weighted by Gasteiger charge is -2.28. The SMILES string of the molecule is CC1CN(C(CN)c2ccc(F)c(F)c2)CC1N(C)C. The van der Waals surface area contributed by atoms with Crippen LogP contribution in [-0.2, 0) is 0 Å². The molecule has 3 atom stereocenters. The molecule has 1 saturated heterocycles. The number of likely N-dealkylation sites (N-methyl/N-ethyl adjacent to an activating group) is 1. The second kappa shape index (κ2) is 6.16. The summed E-state index contributed by atoms with van der Waals surface area (Å²) in [5, 5.41) is 0. The molecule has 2 rings (SSSR count). The molecule has 1 fully saturated rings. The fourth-order valence-corrected chi connectivity index (χ4v) is 3.13. The van der Waals surface area contributed by atoms with Crippen LogP contribution >= 0.6 is 0 Å². The third-order valence-electron chi connectivity index (χ3n) is 4.26. The van der Waals surface area contributed by atoms with E-state index >= 15 is 0 Å². The zero-order valence-corrected chi connectivity index (χ0v) is 12.3. The van der Waals surface area contributed by atoms with Gasteiger partial charge in [-0.2, -0.15) is 0 Å². The molecule has 1 aromatic rings. The van der Waals surface area contributed by atoms with Crippen molar-refractivity contribution in [3.8, 4) is 0 Å². The number of halogens is 2. The van der Waals surface area contributed by atoms with Crippen LogP contribution in [0.2, 0.25) is 0 Å². The maximum atomic E-state index is 13.4. The zero-order chi connectivity index (χ0) is 14.9. The summed E-state index contributed by atoms with van der Waals surface area (Å²) in [5.41, 5.74) is 6.62. The van der Waals surface area contributed by atoms with Gasteiger partial charge in [-0.3, -0.25) is 4.90 Å². The average molecular weight is 283 g/mol. The highest BCUT2D eigenvalue weighted by Crippen LogP contribution is 2.29. The Morgan fingerprint density at radius 3 is 2.50 bits per heavy atom. The van der Waals surface area contributed by atoms with Crippen molar-refractivity contribution < 1.29 is 8.78 Å². The normalized spacial score (nSPS) is 25.4. The minimum Gasteiger partial charge on any atom is -0.329 e. The third-order valence-corrected chi connectivity index (χ3v) is 4.26. The van der Waals surface area contributed by atoms with Gasteiger partial charge in [0, 0.05) is 31.7 Å². The minimum atomic E-state index is -0.814. The summed E-state index contributed by atoms with van der Waals surface area (Å²) >= 11 is 0. The van der Waals surface area contributed by atoms with Gasteiger partial charge in [0.25, 0.3) is 0 Å². The highest BCUT2D eigenvalue weighted by atomic mass is 19.2. The number of benzene rings is 1. The van der Waals surface area contributed by atoms with Crippen LogP contribution in [0.1, 0.15) is 18.5 Å². The van der Waals surface area contributed by atoms with Gasteiger partial charge < -0.3 is 10.6 Å². The Morgan fingerprint density at radius 1 is 1.30 bits per heavy atom. The van der Waals surface area contributed by atoms with Crippen LogP contribution in [0.15, 0.2) is 18.2 Å². The molecule has 112 valence electrons. The number of nitrogens with two attached hydrogens (primary N) is 1. The van der Waals surface area contributed by atoms with E-state index in [1.54, 1.807) is 6.07 Å². The third kappa shape index (κ3) is 3.00. The number of hydrogen-bond acceptors (Lipinski definition) is 3. The molecule has 1 aliphatic heterocycles. The van der Waals surface area contributed by atoms with Gasteiger partial charge in [-0.25, -0.2) is 8.78 Å². The summed E-state index contributed by atoms with van der Waals surface area (Å²) in [6, 6.07) is 4.48. The van der Waals surface area contributed by atoms with E-state index < -0.39 is 11.6 Å². The Morgan fingerprint density at radius 2 is 2.00 bits per heavy atom. The molecule has 5 heteroatoms. The van der Waals surface area contributed by atoms with Gasteiger partial charge in [-0.1, -0.05) is 13.0 Å². The van der Waals surface area contributed by atoms with Crippen molar-refractivity contribution in [1.82, 2.24) is 9.80 Å². The summed E-state index contributed by atoms with van der Waals surface area (Å²) in [6.45, 7) is 4.43. The standard InChI is InChI=1S/C15H23F2N3/c1-10-8-20(9-15(10)19(2)3)14(7-18)11-4-5-12(16)13(17)6-11/h4-6,10,14-15H,7-9,18H2,1-3H3. The Kier molecular flexibility index (Phi) is 4.73. The smallest absolute Gasteiger partial charge is 0.159 e. The van der Waals surface area contributed by atoms with Gasteiger partial charge in [0.15, 0.2) is 11.6 Å². The first-order chi connectivity index (χ1) is 9.43. The Hall–Kier alpha value is -1.04. The van der Waals surface area contributed by atoms with Crippen LogP contribution in [0.5, 0.6) is 0 Å². The van der Waals surface area contributed by atoms with E-state index in [2.05, 4.69) is 30.8 Å². The Balaban J connectivity index is 2.18. The molecule has 0 radical (unpaired) electrons. The largest absolute Gasteiger partial charge is 0.329 e. The minimum absolute atomic E-state index is 0.0579. The van der Waals surface area contributed by atoms with Gasteiger partial charge in [-0.15, -0.1) is 0 Å². The predicted octanol–water partition coefficient (Wildman–Crippen LogP) is 1.85. The van der Waals surface area contributed by atoms with Gasteiger partial charge in [0.05, 0.1) is 0 Å². The number of hydrogen-bond donors (Lipinski definition) is 1. The Labute approximate surface area is 119 Å². The molecule has 1 aliphatic rings. The molecule has 0 saturated carbocycles. The van der Waals surface area contributed by atoms with Crippen molar-refractivity contribution in [2.45, 2.75) is 19.0 Å². The molecular weight excluding hydrogens is 260 g/mol. The van der Waals surface area contributed by atoms with E-state index in [9.17, 15) is 8.78 Å². The summed E-state index contributed by atoms with van der Waals surface area (Å²) in [5.74, 6) is -1.09. The fraction of sp³-hybridized carbons (Fsp3) is 0.600. The van der Waals surface area contributed by atoms with E-state index in [0.717, 1.165) is 18.7 Å². The first-order valence-corrected chi connectivity index (χ1v) is 6.99. The molecule has 0 spiro atoms. The second-order valence-corrected chi connectivity index (χ2v) is 5.89. The second-order valence-electron chi connectivity index (χ2n) is 5.89. The molecular formula is C15H23F2N3. The van der Waals surface area contributed by atoms with E-state index in [0.29, 0.717) is 18.5 Å². The van der Waals surface area contributed by atoms with E-state index in [1.165, 1.54) is 12.1 Å². The molecule has 3 unspecified atom stereocenters. The first-order valence-electron chi connectivity index (χ1n) is 6.99. The highest BCUT2D eigenvalue weighted by molar-refractivity contribution is 5.22. The maximum absolute atomic E-state index is 13.4. The quantitative estimate of drug-likeness (QED) is 0.915. The maximum Gasteiger partial charge on any atom is 0.159 e. The summed E-state index contributed by atoms with van der Waals surface area (Å²) < 4.78 is 26.4. The molecule has 1 aromatic carbocycles. The Bertz CT molecular complexity index is 464. The van der Waals surface area contributed by atoms with Crippen molar-refractivity contribution >= 4 is 0 Å². The van der Waals surface area contributed by atoms with Crippen LogP contribution in [0.25, 0.3) is 0 Å². The molecule has 0 bridgehead atoms. The first kappa shape index (κ1) is 15.4. The summed E-state index contributed by atoms with van der Waals surface area (Å²) in [6.07, 6.45) is 0. The van der Waals surface area contributed by atoms with Gasteiger partial charge in [0.2, 0.25) is 0 Å². The van der Waals surface area contributed by atoms with Crippen molar-refractivity contribution in [1.29, 1.82) is 0 Å². The van der Waals surface area contributed by atoms with Crippen molar-refractivity contribution in [3.05, 3.63) is 35.4 Å². The molecule has 1 heterocycles. The number of rotatable bonds is 4. The van der Waals surface area contributed by atoms with Crippen LogP contribution in [0.3, 0.4) is 0 Å². The van der Waals surface area contributed by atoms with Crippen LogP contribution in [-0.4, -0.2) is 49.6 Å². The van der Waals surface area contributed by atoms with Crippen LogP contribution < -0.4 is 5.73 Å². The topological polar surface area (TPSA) is 32.5 Å². The lowest BCUT2D eigenvalue weighted by atomic mass is 10.1. The zero-order valence-electron chi connectivity index (χ0n) is 12.3. The summed E-state index contributed by atoms with van der Waals surface area (Å²) in [4.78, 5) is 4.48. The predicted molar refractivity (Wildman–Crippen MR) is 76.4 cm³/mol. The van der Waals surface area contributed by atoms with E-state index in [-0.39, 0.29) is 6.04 Å². The van der Waals surface area contributed by atoms with Gasteiger partial charge in [-0.05, 0) is 37.7 Å². The number of likely N-dealkylation sites (tertiary alicyclic amines) is 1. The molecule has 0 aliphatic carbocycles. The lowest BCUT2D eigenvalue weighted by Crippen LogP contribution is -2.36. The number of nitrogens with zero attached hydrogens (tertiary/aromatic N) is 2. The van der Waals surface area contributed by atoms with Crippen molar-refractivity contribution in [3.63, 3.8) is 0 Å². The molecule has 20 heavy (non-hydrogen) atoms. The van der Waals surface area contributed by atoms with Gasteiger partial charge >= 0.3 is 0 Å². The highest BCUT2D eigenvalue weighted by Gasteiger charge is 2.34. The van der Waals surface area contributed by atoms with Crippen LogP contribution in [0, 0.1) is 17.6 Å². The molecule has 0 aromatic heterocycles. The van der Waals surface area contributed by atoms with E-state index in [1.807, 2.05) is 0 Å². The molecule has 3 nitrogen and oxygen atoms in total. The van der Waals surface area contributed by atoms with Crippen molar-refractivity contribution in [2.24, 2.45) is 11.7 Å².